The minimum Gasteiger partial charge on any atom is -0.497 e. The minimum absolute atomic E-state index is 0.114. The lowest BCUT2D eigenvalue weighted by molar-refractivity contribution is 0.249. The van der Waals surface area contributed by atoms with Crippen molar-refractivity contribution in [3.63, 3.8) is 0 Å². The normalized spacial score (nSPS) is 11.5. The molecule has 0 aliphatic carbocycles. The van der Waals surface area contributed by atoms with Crippen LogP contribution in [0.25, 0.3) is 0 Å². The monoisotopic (exact) mass is 285 g/mol. The molecular weight excluding hydrogens is 266 g/mol. The molecule has 2 rings (SSSR count). The van der Waals surface area contributed by atoms with E-state index >= 15 is 0 Å². The van der Waals surface area contributed by atoms with Gasteiger partial charge in [0.05, 0.1) is 13.2 Å². The van der Waals surface area contributed by atoms with Crippen LogP contribution in [0.4, 0.5) is 16.2 Å². The number of nitrogen functional groups attached to an aromatic ring is 1. The summed E-state index contributed by atoms with van der Waals surface area (Å²) in [5.74, 6) is 0.787. The molecular formula is C16H19N3O2. The Kier molecular flexibility index (Phi) is 4.66. The van der Waals surface area contributed by atoms with Crippen LogP contribution in [0.3, 0.4) is 0 Å². The molecule has 110 valence electrons. The second-order valence-electron chi connectivity index (χ2n) is 4.72. The van der Waals surface area contributed by atoms with Crippen molar-refractivity contribution in [1.82, 2.24) is 5.32 Å². The lowest BCUT2D eigenvalue weighted by atomic mass is 10.1. The number of methoxy groups -OCH3 is 1. The number of benzene rings is 2. The van der Waals surface area contributed by atoms with Gasteiger partial charge in [-0.1, -0.05) is 18.2 Å². The minimum atomic E-state index is -0.274. The van der Waals surface area contributed by atoms with E-state index in [1.165, 1.54) is 0 Å². The van der Waals surface area contributed by atoms with Crippen LogP contribution in [0, 0.1) is 0 Å². The topological polar surface area (TPSA) is 76.4 Å². The first-order valence-corrected chi connectivity index (χ1v) is 6.65. The van der Waals surface area contributed by atoms with Crippen LogP contribution < -0.4 is 21.1 Å². The van der Waals surface area contributed by atoms with Gasteiger partial charge in [-0.15, -0.1) is 0 Å². The predicted molar refractivity (Wildman–Crippen MR) is 84.4 cm³/mol. The van der Waals surface area contributed by atoms with Crippen molar-refractivity contribution in [1.29, 1.82) is 0 Å². The quantitative estimate of drug-likeness (QED) is 0.755. The Labute approximate surface area is 124 Å². The highest BCUT2D eigenvalue weighted by Crippen LogP contribution is 2.17. The summed E-state index contributed by atoms with van der Waals surface area (Å²) in [6.45, 7) is 1.92. The maximum absolute atomic E-state index is 11.9. The van der Waals surface area contributed by atoms with E-state index in [1.807, 2.05) is 31.2 Å². The number of hydrogen-bond acceptors (Lipinski definition) is 3. The maximum Gasteiger partial charge on any atom is 0.319 e. The van der Waals surface area contributed by atoms with Crippen molar-refractivity contribution in [2.45, 2.75) is 13.0 Å². The molecule has 0 aromatic heterocycles. The number of hydrogen-bond donors (Lipinski definition) is 3. The molecule has 0 saturated carbocycles. The number of anilines is 2. The zero-order valence-corrected chi connectivity index (χ0v) is 12.1. The molecule has 0 aliphatic heterocycles. The van der Waals surface area contributed by atoms with Crippen molar-refractivity contribution in [2.24, 2.45) is 0 Å². The van der Waals surface area contributed by atoms with Gasteiger partial charge in [-0.05, 0) is 42.8 Å². The average Bonchev–Trinajstić information content (AvgIpc) is 2.47. The standard InChI is InChI=1S/C16H19N3O2/c1-11(12-6-8-15(21-2)9-7-12)18-16(20)19-14-5-3-4-13(17)10-14/h3-11H,17H2,1-2H3,(H2,18,19,20). The number of ether oxygens (including phenoxy) is 1. The van der Waals surface area contributed by atoms with Crippen molar-refractivity contribution < 1.29 is 9.53 Å². The largest absolute Gasteiger partial charge is 0.497 e. The zero-order chi connectivity index (χ0) is 15.2. The van der Waals surface area contributed by atoms with Crippen LogP contribution in [-0.4, -0.2) is 13.1 Å². The Morgan fingerprint density at radius 1 is 1.19 bits per heavy atom. The van der Waals surface area contributed by atoms with E-state index in [-0.39, 0.29) is 12.1 Å². The van der Waals surface area contributed by atoms with Crippen LogP contribution in [0.2, 0.25) is 0 Å². The van der Waals surface area contributed by atoms with Crippen molar-refractivity contribution in [3.8, 4) is 5.75 Å². The van der Waals surface area contributed by atoms with Crippen LogP contribution in [0.1, 0.15) is 18.5 Å². The molecule has 2 amide bonds. The Bertz CT molecular complexity index is 611. The molecule has 21 heavy (non-hydrogen) atoms. The van der Waals surface area contributed by atoms with Crippen LogP contribution in [0.15, 0.2) is 48.5 Å². The van der Waals surface area contributed by atoms with Gasteiger partial charge in [0.15, 0.2) is 0 Å². The Morgan fingerprint density at radius 2 is 1.90 bits per heavy atom. The van der Waals surface area contributed by atoms with E-state index in [4.69, 9.17) is 10.5 Å². The van der Waals surface area contributed by atoms with E-state index in [0.717, 1.165) is 11.3 Å². The Hall–Kier alpha value is -2.69. The van der Waals surface area contributed by atoms with Crippen molar-refractivity contribution >= 4 is 17.4 Å². The first kappa shape index (κ1) is 14.7. The van der Waals surface area contributed by atoms with E-state index in [0.29, 0.717) is 11.4 Å². The molecule has 0 saturated heterocycles. The van der Waals surface area contributed by atoms with Crippen LogP contribution in [-0.2, 0) is 0 Å². The lowest BCUT2D eigenvalue weighted by Gasteiger charge is -2.15. The van der Waals surface area contributed by atoms with Crippen LogP contribution >= 0.6 is 0 Å². The molecule has 1 unspecified atom stereocenters. The molecule has 2 aromatic rings. The third-order valence-electron chi connectivity index (χ3n) is 3.11. The first-order chi connectivity index (χ1) is 10.1. The Balaban J connectivity index is 1.95. The fraction of sp³-hybridized carbons (Fsp3) is 0.188. The summed E-state index contributed by atoms with van der Waals surface area (Å²) < 4.78 is 5.11. The summed E-state index contributed by atoms with van der Waals surface area (Å²) in [5.41, 5.74) is 7.94. The highest BCUT2D eigenvalue weighted by atomic mass is 16.5. The average molecular weight is 285 g/mol. The number of carbonyl (C=O) groups is 1. The number of urea groups is 1. The summed E-state index contributed by atoms with van der Waals surface area (Å²) in [4.78, 5) is 11.9. The van der Waals surface area contributed by atoms with E-state index in [2.05, 4.69) is 10.6 Å². The molecule has 4 N–H and O–H groups in total. The van der Waals surface area contributed by atoms with Gasteiger partial charge in [0.1, 0.15) is 5.75 Å². The van der Waals surface area contributed by atoms with Gasteiger partial charge in [0.2, 0.25) is 0 Å². The maximum atomic E-state index is 11.9. The number of rotatable bonds is 4. The number of nitrogens with two attached hydrogens (primary N) is 1. The smallest absolute Gasteiger partial charge is 0.319 e. The van der Waals surface area contributed by atoms with E-state index < -0.39 is 0 Å². The van der Waals surface area contributed by atoms with Gasteiger partial charge in [0.25, 0.3) is 0 Å². The summed E-state index contributed by atoms with van der Waals surface area (Å²) in [7, 11) is 1.62. The van der Waals surface area contributed by atoms with Gasteiger partial charge in [0, 0.05) is 11.4 Å². The molecule has 5 nitrogen and oxygen atoms in total. The van der Waals surface area contributed by atoms with Gasteiger partial charge >= 0.3 is 6.03 Å². The summed E-state index contributed by atoms with van der Waals surface area (Å²) >= 11 is 0. The van der Waals surface area contributed by atoms with Gasteiger partial charge in [-0.25, -0.2) is 4.79 Å². The fourth-order valence-corrected chi connectivity index (χ4v) is 1.96. The summed E-state index contributed by atoms with van der Waals surface area (Å²) in [6, 6.07) is 14.2. The highest BCUT2D eigenvalue weighted by molar-refractivity contribution is 5.90. The Morgan fingerprint density at radius 3 is 2.52 bits per heavy atom. The molecule has 0 radical (unpaired) electrons. The van der Waals surface area contributed by atoms with E-state index in [1.54, 1.807) is 31.4 Å². The van der Waals surface area contributed by atoms with Gasteiger partial charge < -0.3 is 21.1 Å². The molecule has 1 atom stereocenters. The predicted octanol–water partition coefficient (Wildman–Crippen LogP) is 3.16. The second kappa shape index (κ2) is 6.65. The van der Waals surface area contributed by atoms with Crippen LogP contribution in [0.5, 0.6) is 5.75 Å². The molecule has 0 heterocycles. The molecule has 0 fully saturated rings. The summed E-state index contributed by atoms with van der Waals surface area (Å²) in [5, 5.41) is 5.62. The molecule has 0 bridgehead atoms. The van der Waals surface area contributed by atoms with Crippen molar-refractivity contribution in [2.75, 3.05) is 18.2 Å². The summed E-state index contributed by atoms with van der Waals surface area (Å²) in [6.07, 6.45) is 0. The lowest BCUT2D eigenvalue weighted by Crippen LogP contribution is -2.31. The highest BCUT2D eigenvalue weighted by Gasteiger charge is 2.09. The molecule has 0 spiro atoms. The fourth-order valence-electron chi connectivity index (χ4n) is 1.96. The van der Waals surface area contributed by atoms with Crippen molar-refractivity contribution in [3.05, 3.63) is 54.1 Å². The number of nitrogens with one attached hydrogen (secondary N) is 2. The first-order valence-electron chi connectivity index (χ1n) is 6.65. The van der Waals surface area contributed by atoms with Gasteiger partial charge in [-0.2, -0.15) is 0 Å². The third kappa shape index (κ3) is 4.14. The van der Waals surface area contributed by atoms with Gasteiger partial charge in [-0.3, -0.25) is 0 Å². The SMILES string of the molecule is COc1ccc(C(C)NC(=O)Nc2cccc(N)c2)cc1. The van der Waals surface area contributed by atoms with E-state index in [9.17, 15) is 4.79 Å². The molecule has 2 aromatic carbocycles. The third-order valence-corrected chi connectivity index (χ3v) is 3.11. The number of carbonyl (C=O) groups excluding carboxylic acids is 1. The number of amides is 2. The second-order valence-corrected chi connectivity index (χ2v) is 4.72. The molecule has 0 aliphatic rings. The zero-order valence-electron chi connectivity index (χ0n) is 12.1. The molecule has 5 heteroatoms.